The first-order chi connectivity index (χ1) is 12.3. The van der Waals surface area contributed by atoms with E-state index in [4.69, 9.17) is 4.74 Å². The van der Waals surface area contributed by atoms with Crippen molar-refractivity contribution >= 4 is 5.91 Å². The van der Waals surface area contributed by atoms with E-state index in [2.05, 4.69) is 14.8 Å². The predicted octanol–water partition coefficient (Wildman–Crippen LogP) is 1.96. The lowest BCUT2D eigenvalue weighted by Crippen LogP contribution is -2.47. The summed E-state index contributed by atoms with van der Waals surface area (Å²) in [5.74, 6) is 3.58. The normalized spacial score (nSPS) is 35.8. The van der Waals surface area contributed by atoms with Gasteiger partial charge in [0.25, 0.3) is 0 Å². The molecule has 1 amide bonds. The van der Waals surface area contributed by atoms with Crippen molar-refractivity contribution in [2.75, 3.05) is 39.4 Å². The van der Waals surface area contributed by atoms with Crippen LogP contribution in [-0.2, 0) is 9.53 Å². The maximum Gasteiger partial charge on any atom is 0.244 e. The van der Waals surface area contributed by atoms with Crippen molar-refractivity contribution < 1.29 is 9.53 Å². The lowest BCUT2D eigenvalue weighted by atomic mass is 9.82. The second-order valence-electron chi connectivity index (χ2n) is 8.24. The van der Waals surface area contributed by atoms with Gasteiger partial charge in [-0.3, -0.25) is 14.7 Å². The second-order valence-corrected chi connectivity index (χ2v) is 8.24. The van der Waals surface area contributed by atoms with Gasteiger partial charge in [-0.2, -0.15) is 0 Å². The number of hydrogen-bond acceptors (Lipinski definition) is 4. The highest BCUT2D eigenvalue weighted by Crippen LogP contribution is 2.55. The van der Waals surface area contributed by atoms with Gasteiger partial charge in [-0.1, -0.05) is 6.07 Å². The molecule has 3 heterocycles. The summed E-state index contributed by atoms with van der Waals surface area (Å²) in [7, 11) is 0. The lowest BCUT2D eigenvalue weighted by molar-refractivity contribution is -0.138. The number of likely N-dealkylation sites (tertiary alicyclic amines) is 1. The molecule has 4 aliphatic rings. The molecule has 2 aliphatic heterocycles. The molecular weight excluding hydrogens is 314 g/mol. The number of fused-ring (bicyclic) bond motifs is 5. The quantitative estimate of drug-likeness (QED) is 0.843. The third-order valence-electron chi connectivity index (χ3n) is 7.09. The Kier molecular flexibility index (Phi) is 4.01. The SMILES string of the molecule is O=C(C(c1cccnc1)N1CCOCC1)N1C[C@@H]2[C@@H]3CC[C@@H](C3)[C@@H]2C1. The van der Waals surface area contributed by atoms with E-state index in [1.807, 2.05) is 18.3 Å². The Morgan fingerprint density at radius 1 is 1.16 bits per heavy atom. The van der Waals surface area contributed by atoms with E-state index in [9.17, 15) is 4.79 Å². The molecule has 0 spiro atoms. The summed E-state index contributed by atoms with van der Waals surface area (Å²) >= 11 is 0. The van der Waals surface area contributed by atoms with Crippen molar-refractivity contribution in [2.24, 2.45) is 23.7 Å². The average Bonchev–Trinajstić information content (AvgIpc) is 3.37. The smallest absolute Gasteiger partial charge is 0.244 e. The van der Waals surface area contributed by atoms with Crippen molar-refractivity contribution in [2.45, 2.75) is 25.3 Å². The fourth-order valence-corrected chi connectivity index (χ4v) is 5.92. The molecule has 4 fully saturated rings. The molecule has 2 aliphatic carbocycles. The summed E-state index contributed by atoms with van der Waals surface area (Å²) in [6, 6.07) is 3.79. The molecule has 0 aromatic carbocycles. The minimum absolute atomic E-state index is 0.200. The molecule has 1 aromatic heterocycles. The fourth-order valence-electron chi connectivity index (χ4n) is 5.92. The number of pyridine rings is 1. The Morgan fingerprint density at radius 3 is 2.52 bits per heavy atom. The van der Waals surface area contributed by atoms with Crippen LogP contribution in [0.1, 0.15) is 30.9 Å². The van der Waals surface area contributed by atoms with Crippen LogP contribution in [0, 0.1) is 23.7 Å². The van der Waals surface area contributed by atoms with Crippen LogP contribution in [0.4, 0.5) is 0 Å². The van der Waals surface area contributed by atoms with Gasteiger partial charge >= 0.3 is 0 Å². The summed E-state index contributed by atoms with van der Waals surface area (Å²) in [6.07, 6.45) is 7.85. The Labute approximate surface area is 149 Å². The van der Waals surface area contributed by atoms with Gasteiger partial charge in [0.15, 0.2) is 0 Å². The number of hydrogen-bond donors (Lipinski definition) is 0. The number of ether oxygens (including phenoxy) is 1. The number of nitrogens with zero attached hydrogens (tertiary/aromatic N) is 3. The minimum Gasteiger partial charge on any atom is -0.379 e. The van der Waals surface area contributed by atoms with Gasteiger partial charge < -0.3 is 9.64 Å². The monoisotopic (exact) mass is 341 g/mol. The van der Waals surface area contributed by atoms with Crippen molar-refractivity contribution in [1.29, 1.82) is 0 Å². The highest BCUT2D eigenvalue weighted by atomic mass is 16.5. The molecular formula is C20H27N3O2. The fraction of sp³-hybridized carbons (Fsp3) is 0.700. The van der Waals surface area contributed by atoms with E-state index in [1.54, 1.807) is 6.20 Å². The number of morpholine rings is 1. The van der Waals surface area contributed by atoms with Gasteiger partial charge in [0.05, 0.1) is 13.2 Å². The minimum atomic E-state index is -0.200. The number of carbonyl (C=O) groups excluding carboxylic acids is 1. The average molecular weight is 341 g/mol. The maximum atomic E-state index is 13.5. The molecule has 2 saturated carbocycles. The zero-order valence-electron chi connectivity index (χ0n) is 14.7. The highest BCUT2D eigenvalue weighted by molar-refractivity contribution is 5.83. The topological polar surface area (TPSA) is 45.7 Å². The molecule has 1 unspecified atom stereocenters. The van der Waals surface area contributed by atoms with Crippen molar-refractivity contribution in [3.8, 4) is 0 Å². The van der Waals surface area contributed by atoms with E-state index in [1.165, 1.54) is 19.3 Å². The summed E-state index contributed by atoms with van der Waals surface area (Å²) in [4.78, 5) is 22.3. The van der Waals surface area contributed by atoms with Crippen LogP contribution in [0.2, 0.25) is 0 Å². The summed E-state index contributed by atoms with van der Waals surface area (Å²) < 4.78 is 5.51. The first-order valence-corrected chi connectivity index (χ1v) is 9.82. The van der Waals surface area contributed by atoms with Gasteiger partial charge in [0, 0.05) is 38.6 Å². The molecule has 0 radical (unpaired) electrons. The van der Waals surface area contributed by atoms with Crippen LogP contribution < -0.4 is 0 Å². The zero-order chi connectivity index (χ0) is 16.8. The molecule has 5 atom stereocenters. The van der Waals surface area contributed by atoms with Gasteiger partial charge in [0.2, 0.25) is 5.91 Å². The van der Waals surface area contributed by atoms with Crippen LogP contribution >= 0.6 is 0 Å². The van der Waals surface area contributed by atoms with E-state index < -0.39 is 0 Å². The molecule has 5 rings (SSSR count). The number of aromatic nitrogens is 1. The van der Waals surface area contributed by atoms with Crippen LogP contribution in [-0.4, -0.2) is 60.1 Å². The van der Waals surface area contributed by atoms with E-state index >= 15 is 0 Å². The maximum absolute atomic E-state index is 13.5. The van der Waals surface area contributed by atoms with E-state index in [-0.39, 0.29) is 11.9 Å². The molecule has 134 valence electrons. The highest BCUT2D eigenvalue weighted by Gasteiger charge is 2.53. The standard InChI is InChI=1S/C20H27N3O2/c24-20(23-12-17-14-3-4-15(10-14)18(17)13-23)19(16-2-1-5-21-11-16)22-6-8-25-9-7-22/h1-2,5,11,14-15,17-19H,3-4,6-10,12-13H2/t14-,15+,17-,18+,19?. The first-order valence-electron chi connectivity index (χ1n) is 9.82. The second kappa shape index (κ2) is 6.36. The summed E-state index contributed by atoms with van der Waals surface area (Å²) in [6.45, 7) is 5.00. The molecule has 5 heteroatoms. The third kappa shape index (κ3) is 2.68. The molecule has 0 N–H and O–H groups in total. The predicted molar refractivity (Wildman–Crippen MR) is 93.8 cm³/mol. The van der Waals surface area contributed by atoms with E-state index in [0.29, 0.717) is 13.2 Å². The first kappa shape index (κ1) is 15.8. The summed E-state index contributed by atoms with van der Waals surface area (Å²) in [5.41, 5.74) is 1.02. The Balaban J connectivity index is 1.38. The molecule has 25 heavy (non-hydrogen) atoms. The Morgan fingerprint density at radius 2 is 1.88 bits per heavy atom. The van der Waals surface area contributed by atoms with Gasteiger partial charge in [-0.25, -0.2) is 0 Å². The van der Waals surface area contributed by atoms with Gasteiger partial charge in [0.1, 0.15) is 6.04 Å². The van der Waals surface area contributed by atoms with Gasteiger partial charge in [-0.15, -0.1) is 0 Å². The molecule has 2 saturated heterocycles. The largest absolute Gasteiger partial charge is 0.379 e. The molecule has 5 nitrogen and oxygen atoms in total. The zero-order valence-corrected chi connectivity index (χ0v) is 14.7. The Hall–Kier alpha value is -1.46. The van der Waals surface area contributed by atoms with Crippen LogP contribution in [0.5, 0.6) is 0 Å². The van der Waals surface area contributed by atoms with Crippen molar-refractivity contribution in [1.82, 2.24) is 14.8 Å². The molecule has 1 aromatic rings. The summed E-state index contributed by atoms with van der Waals surface area (Å²) in [5, 5.41) is 0. The lowest BCUT2D eigenvalue weighted by Gasteiger charge is -2.36. The van der Waals surface area contributed by atoms with Crippen molar-refractivity contribution in [3.63, 3.8) is 0 Å². The number of carbonyl (C=O) groups is 1. The van der Waals surface area contributed by atoms with Crippen LogP contribution in [0.25, 0.3) is 0 Å². The van der Waals surface area contributed by atoms with Crippen LogP contribution in [0.3, 0.4) is 0 Å². The van der Waals surface area contributed by atoms with Crippen LogP contribution in [0.15, 0.2) is 24.5 Å². The van der Waals surface area contributed by atoms with Crippen molar-refractivity contribution in [3.05, 3.63) is 30.1 Å². The number of amides is 1. The molecule has 2 bridgehead atoms. The van der Waals surface area contributed by atoms with E-state index in [0.717, 1.165) is 55.4 Å². The third-order valence-corrected chi connectivity index (χ3v) is 7.09. The van der Waals surface area contributed by atoms with Gasteiger partial charge in [-0.05, 0) is 54.6 Å². The number of rotatable bonds is 3. The Bertz CT molecular complexity index is 613.